The second-order valence-electron chi connectivity index (χ2n) is 8.44. The average Bonchev–Trinajstić information content (AvgIpc) is 2.92. The number of likely N-dealkylation sites (tertiary alicyclic amines) is 1. The molecule has 1 aliphatic heterocycles. The topological polar surface area (TPSA) is 66.6 Å². The monoisotopic (exact) mass is 359 g/mol. The molecule has 1 heterocycles. The van der Waals surface area contributed by atoms with E-state index < -0.39 is 17.4 Å². The Labute approximate surface area is 148 Å². The first-order valence-electron chi connectivity index (χ1n) is 9.20. The van der Waals surface area contributed by atoms with Crippen molar-refractivity contribution < 1.29 is 18.4 Å². The summed E-state index contributed by atoms with van der Waals surface area (Å²) in [7, 11) is 0. The van der Waals surface area contributed by atoms with Gasteiger partial charge in [0.1, 0.15) is 0 Å². The number of alkyl halides is 2. The van der Waals surface area contributed by atoms with E-state index in [1.54, 1.807) is 4.90 Å². The van der Waals surface area contributed by atoms with Crippen LogP contribution in [0.1, 0.15) is 59.8 Å². The minimum atomic E-state index is -2.63. The first-order valence-corrected chi connectivity index (χ1v) is 9.20. The van der Waals surface area contributed by atoms with E-state index >= 15 is 0 Å². The molecule has 7 heteroatoms. The van der Waals surface area contributed by atoms with Crippen LogP contribution in [0, 0.1) is 5.41 Å². The highest BCUT2D eigenvalue weighted by molar-refractivity contribution is 5.83. The van der Waals surface area contributed by atoms with Gasteiger partial charge in [0.25, 0.3) is 0 Å². The molecule has 2 rings (SSSR count). The standard InChI is InChI=1S/C18H31F2N3O2/c1-5-22-11-13(10-14(22)15(21)24)23(16(25)17(2,3)4)12-6-8-18(19,20)9-7-12/h12-14H,5-11H2,1-4H3,(H2,21,24)/t13-,14-/m0/s1. The number of hydrogen-bond donors (Lipinski definition) is 1. The third-order valence-corrected chi connectivity index (χ3v) is 5.47. The van der Waals surface area contributed by atoms with E-state index in [1.165, 1.54) is 0 Å². The van der Waals surface area contributed by atoms with Crippen LogP contribution in [-0.4, -0.2) is 58.8 Å². The zero-order valence-electron chi connectivity index (χ0n) is 15.7. The summed E-state index contributed by atoms with van der Waals surface area (Å²) in [5.74, 6) is -3.05. The highest BCUT2D eigenvalue weighted by Crippen LogP contribution is 2.38. The van der Waals surface area contributed by atoms with Gasteiger partial charge in [-0.05, 0) is 25.8 Å². The largest absolute Gasteiger partial charge is 0.368 e. The van der Waals surface area contributed by atoms with Crippen molar-refractivity contribution in [2.75, 3.05) is 13.1 Å². The molecule has 2 aliphatic rings. The van der Waals surface area contributed by atoms with E-state index in [1.807, 2.05) is 32.6 Å². The first kappa shape index (κ1) is 20.1. The lowest BCUT2D eigenvalue weighted by molar-refractivity contribution is -0.148. The minimum absolute atomic E-state index is 0.0334. The van der Waals surface area contributed by atoms with Crippen LogP contribution in [0.25, 0.3) is 0 Å². The van der Waals surface area contributed by atoms with E-state index in [0.29, 0.717) is 32.4 Å². The third kappa shape index (κ3) is 4.49. The SMILES string of the molecule is CCN1C[C@@H](N(C(=O)C(C)(C)C)C2CCC(F)(F)CC2)C[C@H]1C(N)=O. The molecule has 5 nitrogen and oxygen atoms in total. The predicted octanol–water partition coefficient (Wildman–Crippen LogP) is 2.39. The third-order valence-electron chi connectivity index (χ3n) is 5.47. The van der Waals surface area contributed by atoms with Crippen LogP contribution in [0.2, 0.25) is 0 Å². The van der Waals surface area contributed by atoms with Crippen LogP contribution in [-0.2, 0) is 9.59 Å². The maximum absolute atomic E-state index is 13.6. The van der Waals surface area contributed by atoms with Crippen LogP contribution in [0.3, 0.4) is 0 Å². The predicted molar refractivity (Wildman–Crippen MR) is 92.1 cm³/mol. The average molecular weight is 359 g/mol. The number of likely N-dealkylation sites (N-methyl/N-ethyl adjacent to an activating group) is 1. The molecular formula is C18H31F2N3O2. The van der Waals surface area contributed by atoms with Gasteiger partial charge in [0.2, 0.25) is 17.7 Å². The molecule has 1 saturated heterocycles. The van der Waals surface area contributed by atoms with Crippen molar-refractivity contribution in [2.45, 2.75) is 83.8 Å². The summed E-state index contributed by atoms with van der Waals surface area (Å²) in [4.78, 5) is 28.6. The van der Waals surface area contributed by atoms with Crippen molar-refractivity contribution in [3.05, 3.63) is 0 Å². The second-order valence-corrected chi connectivity index (χ2v) is 8.44. The molecule has 0 aromatic rings. The molecular weight excluding hydrogens is 328 g/mol. The fraction of sp³-hybridized carbons (Fsp3) is 0.889. The maximum Gasteiger partial charge on any atom is 0.248 e. The Balaban J connectivity index is 2.24. The molecule has 2 N–H and O–H groups in total. The van der Waals surface area contributed by atoms with Crippen LogP contribution in [0.5, 0.6) is 0 Å². The van der Waals surface area contributed by atoms with Crippen molar-refractivity contribution in [1.82, 2.24) is 9.80 Å². The first-order chi connectivity index (χ1) is 11.5. The number of primary amides is 1. The molecule has 0 aromatic carbocycles. The molecule has 0 aromatic heterocycles. The van der Waals surface area contributed by atoms with Gasteiger partial charge in [-0.3, -0.25) is 14.5 Å². The lowest BCUT2D eigenvalue weighted by Gasteiger charge is -2.43. The summed E-state index contributed by atoms with van der Waals surface area (Å²) in [6.45, 7) is 8.73. The van der Waals surface area contributed by atoms with Gasteiger partial charge in [0.05, 0.1) is 6.04 Å². The van der Waals surface area contributed by atoms with Gasteiger partial charge in [-0.2, -0.15) is 0 Å². The molecule has 144 valence electrons. The van der Waals surface area contributed by atoms with Crippen LogP contribution < -0.4 is 5.73 Å². The summed E-state index contributed by atoms with van der Waals surface area (Å²) < 4.78 is 27.1. The number of carbonyl (C=O) groups excluding carboxylic acids is 2. The van der Waals surface area contributed by atoms with Gasteiger partial charge in [-0.1, -0.05) is 27.7 Å². The fourth-order valence-corrected chi connectivity index (χ4v) is 4.05. The number of nitrogens with zero attached hydrogens (tertiary/aromatic N) is 2. The normalized spacial score (nSPS) is 28.1. The number of rotatable bonds is 4. The summed E-state index contributed by atoms with van der Waals surface area (Å²) in [6.07, 6.45) is 0.722. The number of halogens is 2. The fourth-order valence-electron chi connectivity index (χ4n) is 4.05. The van der Waals surface area contributed by atoms with Crippen molar-refractivity contribution >= 4 is 11.8 Å². The number of carbonyl (C=O) groups is 2. The van der Waals surface area contributed by atoms with Gasteiger partial charge in [0.15, 0.2) is 0 Å². The van der Waals surface area contributed by atoms with Crippen LogP contribution in [0.15, 0.2) is 0 Å². The smallest absolute Gasteiger partial charge is 0.248 e. The van der Waals surface area contributed by atoms with Gasteiger partial charge < -0.3 is 10.6 Å². The Morgan fingerprint density at radius 3 is 2.16 bits per heavy atom. The molecule has 0 radical (unpaired) electrons. The van der Waals surface area contributed by atoms with Gasteiger partial charge in [-0.25, -0.2) is 8.78 Å². The molecule has 1 saturated carbocycles. The molecule has 0 bridgehead atoms. The molecule has 2 atom stereocenters. The molecule has 1 aliphatic carbocycles. The number of amides is 2. The van der Waals surface area contributed by atoms with Crippen molar-refractivity contribution in [1.29, 1.82) is 0 Å². The molecule has 2 fully saturated rings. The Bertz CT molecular complexity index is 509. The summed E-state index contributed by atoms with van der Waals surface area (Å²) in [6, 6.07) is -0.738. The van der Waals surface area contributed by atoms with Gasteiger partial charge in [-0.15, -0.1) is 0 Å². The van der Waals surface area contributed by atoms with Crippen molar-refractivity contribution in [3.63, 3.8) is 0 Å². The van der Waals surface area contributed by atoms with E-state index in [-0.39, 0.29) is 36.7 Å². The lowest BCUT2D eigenvalue weighted by atomic mass is 9.86. The van der Waals surface area contributed by atoms with Crippen molar-refractivity contribution in [2.24, 2.45) is 11.1 Å². The lowest BCUT2D eigenvalue weighted by Crippen LogP contribution is -2.54. The molecule has 25 heavy (non-hydrogen) atoms. The Morgan fingerprint density at radius 1 is 1.20 bits per heavy atom. The minimum Gasteiger partial charge on any atom is -0.368 e. The Hall–Kier alpha value is -1.24. The van der Waals surface area contributed by atoms with E-state index in [4.69, 9.17) is 5.73 Å². The highest BCUT2D eigenvalue weighted by atomic mass is 19.3. The zero-order chi connectivity index (χ0) is 19.0. The summed E-state index contributed by atoms with van der Waals surface area (Å²) in [5.41, 5.74) is 4.92. The summed E-state index contributed by atoms with van der Waals surface area (Å²) in [5, 5.41) is 0. The van der Waals surface area contributed by atoms with Crippen LogP contribution in [0.4, 0.5) is 8.78 Å². The highest BCUT2D eigenvalue weighted by Gasteiger charge is 2.46. The van der Waals surface area contributed by atoms with Crippen molar-refractivity contribution in [3.8, 4) is 0 Å². The summed E-state index contributed by atoms with van der Waals surface area (Å²) >= 11 is 0. The number of hydrogen-bond acceptors (Lipinski definition) is 3. The molecule has 0 spiro atoms. The second kappa shape index (κ2) is 7.17. The van der Waals surface area contributed by atoms with Gasteiger partial charge >= 0.3 is 0 Å². The van der Waals surface area contributed by atoms with Crippen LogP contribution >= 0.6 is 0 Å². The number of nitrogens with two attached hydrogens (primary N) is 1. The molecule has 0 unspecified atom stereocenters. The van der Waals surface area contributed by atoms with Gasteiger partial charge in [0, 0.05) is 36.9 Å². The quantitative estimate of drug-likeness (QED) is 0.838. The Kier molecular flexibility index (Phi) is 5.76. The van der Waals surface area contributed by atoms with E-state index in [9.17, 15) is 18.4 Å². The molecule has 2 amide bonds. The van der Waals surface area contributed by atoms with E-state index in [2.05, 4.69) is 0 Å². The zero-order valence-corrected chi connectivity index (χ0v) is 15.7. The van der Waals surface area contributed by atoms with E-state index in [0.717, 1.165) is 0 Å². The maximum atomic E-state index is 13.6. The Morgan fingerprint density at radius 2 is 1.76 bits per heavy atom.